The van der Waals surface area contributed by atoms with Crippen LogP contribution < -0.4 is 14.2 Å². The minimum absolute atomic E-state index is 0.0219. The van der Waals surface area contributed by atoms with Gasteiger partial charge >= 0.3 is 0 Å². The van der Waals surface area contributed by atoms with Crippen LogP contribution in [0.25, 0.3) is 5.76 Å². The van der Waals surface area contributed by atoms with Crippen molar-refractivity contribution in [2.75, 3.05) is 48.0 Å². The molecule has 2 aromatic rings. The number of nitrogens with zero attached hydrogens (tertiary/aromatic N) is 2. The third kappa shape index (κ3) is 5.59. The number of rotatable bonds is 11. The molecule has 8 heteroatoms. The second kappa shape index (κ2) is 11.8. The number of ether oxygens (including phenoxy) is 3. The molecule has 2 aromatic carbocycles. The smallest absolute Gasteiger partial charge is 0.295 e. The van der Waals surface area contributed by atoms with E-state index in [0.29, 0.717) is 47.9 Å². The molecule has 1 fully saturated rings. The first-order valence-electron chi connectivity index (χ1n) is 11.7. The second-order valence-corrected chi connectivity index (χ2v) is 8.60. The lowest BCUT2D eigenvalue weighted by Crippen LogP contribution is -2.32. The summed E-state index contributed by atoms with van der Waals surface area (Å²) in [6.45, 7) is 3.68. The molecule has 1 atom stereocenters. The van der Waals surface area contributed by atoms with Crippen molar-refractivity contribution in [1.82, 2.24) is 9.80 Å². The molecule has 0 bridgehead atoms. The van der Waals surface area contributed by atoms with Gasteiger partial charge in [0.05, 0.1) is 32.4 Å². The molecule has 8 nitrogen and oxygen atoms in total. The molecule has 188 valence electrons. The van der Waals surface area contributed by atoms with Crippen molar-refractivity contribution < 1.29 is 28.9 Å². The van der Waals surface area contributed by atoms with Crippen LogP contribution in [0.2, 0.25) is 0 Å². The van der Waals surface area contributed by atoms with E-state index in [1.807, 2.05) is 25.9 Å². The molecule has 35 heavy (non-hydrogen) atoms. The van der Waals surface area contributed by atoms with Crippen LogP contribution in [0.3, 0.4) is 0 Å². The predicted octanol–water partition coefficient (Wildman–Crippen LogP) is 3.87. The van der Waals surface area contributed by atoms with E-state index in [0.717, 1.165) is 13.0 Å². The van der Waals surface area contributed by atoms with Crippen LogP contribution in [0.5, 0.6) is 17.2 Å². The van der Waals surface area contributed by atoms with Gasteiger partial charge in [0.25, 0.3) is 11.7 Å². The Morgan fingerprint density at radius 1 is 1.06 bits per heavy atom. The molecule has 1 amide bonds. The Morgan fingerprint density at radius 2 is 1.77 bits per heavy atom. The molecule has 1 aliphatic rings. The SMILES string of the molecule is CCCOc1ccc(C(O)=C2C(=O)C(=O)N(CCCN(C)C)[C@H]2c2cccc(OC)c2OC)cc1. The summed E-state index contributed by atoms with van der Waals surface area (Å²) in [5, 5.41) is 11.3. The van der Waals surface area contributed by atoms with Crippen LogP contribution in [0, 0.1) is 0 Å². The predicted molar refractivity (Wildman–Crippen MR) is 134 cm³/mol. The van der Waals surface area contributed by atoms with Crippen molar-refractivity contribution in [2.24, 2.45) is 0 Å². The lowest BCUT2D eigenvalue weighted by Gasteiger charge is -2.27. The lowest BCUT2D eigenvalue weighted by molar-refractivity contribution is -0.140. The molecule has 0 unspecified atom stereocenters. The molecule has 0 spiro atoms. The van der Waals surface area contributed by atoms with Crippen LogP contribution in [0.15, 0.2) is 48.0 Å². The summed E-state index contributed by atoms with van der Waals surface area (Å²) >= 11 is 0. The lowest BCUT2D eigenvalue weighted by atomic mass is 9.94. The van der Waals surface area contributed by atoms with Gasteiger partial charge in [-0.1, -0.05) is 19.1 Å². The van der Waals surface area contributed by atoms with Crippen LogP contribution in [-0.4, -0.2) is 74.6 Å². The van der Waals surface area contributed by atoms with Crippen molar-refractivity contribution in [3.8, 4) is 17.2 Å². The molecular formula is C27H34N2O6. The van der Waals surface area contributed by atoms with E-state index in [1.165, 1.54) is 19.1 Å². The normalized spacial score (nSPS) is 17.2. The average molecular weight is 483 g/mol. The Morgan fingerprint density at radius 3 is 2.37 bits per heavy atom. The molecule has 0 radical (unpaired) electrons. The second-order valence-electron chi connectivity index (χ2n) is 8.60. The number of carbonyl (C=O) groups excluding carboxylic acids is 2. The highest BCUT2D eigenvalue weighted by atomic mass is 16.5. The molecule has 1 N–H and O–H groups in total. The van der Waals surface area contributed by atoms with Gasteiger partial charge in [0.2, 0.25) is 0 Å². The molecule has 1 aliphatic heterocycles. The summed E-state index contributed by atoms with van der Waals surface area (Å²) in [6.07, 6.45) is 1.54. The molecule has 3 rings (SSSR count). The number of ketones is 1. The number of hydrogen-bond donors (Lipinski definition) is 1. The number of aliphatic hydroxyl groups excluding tert-OH is 1. The topological polar surface area (TPSA) is 88.5 Å². The number of aliphatic hydroxyl groups is 1. The first kappa shape index (κ1) is 26.1. The Labute approximate surface area is 206 Å². The van der Waals surface area contributed by atoms with E-state index in [9.17, 15) is 14.7 Å². The number of likely N-dealkylation sites (tertiary alicyclic amines) is 1. The molecule has 1 heterocycles. The number of hydrogen-bond acceptors (Lipinski definition) is 7. The summed E-state index contributed by atoms with van der Waals surface area (Å²) < 4.78 is 16.7. The van der Waals surface area contributed by atoms with E-state index in [4.69, 9.17) is 14.2 Å². The standard InChI is InChI=1S/C27H34N2O6/c1-6-17-35-19-13-11-18(12-14-19)24(30)22-23(20-9-7-10-21(33-4)26(20)34-5)29(27(32)25(22)31)16-8-15-28(2)3/h7,9-14,23,30H,6,8,15-17H2,1-5H3/t23-/m0/s1. The fraction of sp³-hybridized carbons (Fsp3) is 0.407. The highest BCUT2D eigenvalue weighted by Gasteiger charge is 2.47. The summed E-state index contributed by atoms with van der Waals surface area (Å²) in [7, 11) is 6.93. The number of para-hydroxylation sites is 1. The minimum atomic E-state index is -0.821. The summed E-state index contributed by atoms with van der Waals surface area (Å²) in [4.78, 5) is 29.9. The molecule has 1 saturated heterocycles. The maximum atomic E-state index is 13.3. The van der Waals surface area contributed by atoms with E-state index in [2.05, 4.69) is 0 Å². The Kier molecular flexibility index (Phi) is 8.76. The van der Waals surface area contributed by atoms with E-state index in [-0.39, 0.29) is 11.3 Å². The summed E-state index contributed by atoms with van der Waals surface area (Å²) in [5.74, 6) is -0.0689. The number of benzene rings is 2. The summed E-state index contributed by atoms with van der Waals surface area (Å²) in [5.41, 5.74) is 1.01. The summed E-state index contributed by atoms with van der Waals surface area (Å²) in [6, 6.07) is 11.3. The fourth-order valence-corrected chi connectivity index (χ4v) is 4.20. The largest absolute Gasteiger partial charge is 0.507 e. The van der Waals surface area contributed by atoms with Gasteiger partial charge < -0.3 is 29.1 Å². The van der Waals surface area contributed by atoms with Gasteiger partial charge in [0.15, 0.2) is 11.5 Å². The average Bonchev–Trinajstić information content (AvgIpc) is 3.11. The number of Topliss-reactive ketones (excluding diaryl/α,β-unsaturated/α-hetero) is 1. The molecule has 0 saturated carbocycles. The van der Waals surface area contributed by atoms with E-state index < -0.39 is 17.7 Å². The van der Waals surface area contributed by atoms with Crippen LogP contribution in [-0.2, 0) is 9.59 Å². The third-order valence-corrected chi connectivity index (χ3v) is 5.87. The Bertz CT molecular complexity index is 1080. The van der Waals surface area contributed by atoms with Crippen LogP contribution in [0.1, 0.15) is 36.9 Å². The molecule has 0 aliphatic carbocycles. The maximum absolute atomic E-state index is 13.3. The zero-order valence-corrected chi connectivity index (χ0v) is 21.0. The Hall–Kier alpha value is -3.52. The fourth-order valence-electron chi connectivity index (χ4n) is 4.20. The molecule has 0 aromatic heterocycles. The van der Waals surface area contributed by atoms with Crippen molar-refractivity contribution in [3.05, 3.63) is 59.2 Å². The van der Waals surface area contributed by atoms with Crippen molar-refractivity contribution in [3.63, 3.8) is 0 Å². The monoisotopic (exact) mass is 482 g/mol. The number of methoxy groups -OCH3 is 2. The van der Waals surface area contributed by atoms with Crippen molar-refractivity contribution in [1.29, 1.82) is 0 Å². The number of amides is 1. The molecular weight excluding hydrogens is 448 g/mol. The number of carbonyl (C=O) groups is 2. The van der Waals surface area contributed by atoms with Gasteiger partial charge in [-0.2, -0.15) is 0 Å². The van der Waals surface area contributed by atoms with E-state index >= 15 is 0 Å². The first-order chi connectivity index (χ1) is 16.8. The van der Waals surface area contributed by atoms with Gasteiger partial charge in [-0.25, -0.2) is 0 Å². The van der Waals surface area contributed by atoms with Crippen LogP contribution >= 0.6 is 0 Å². The van der Waals surface area contributed by atoms with Gasteiger partial charge in [-0.15, -0.1) is 0 Å². The maximum Gasteiger partial charge on any atom is 0.295 e. The van der Waals surface area contributed by atoms with Gasteiger partial charge in [-0.3, -0.25) is 9.59 Å². The zero-order chi connectivity index (χ0) is 25.5. The van der Waals surface area contributed by atoms with E-state index in [1.54, 1.807) is 42.5 Å². The minimum Gasteiger partial charge on any atom is -0.507 e. The quantitative estimate of drug-likeness (QED) is 0.296. The highest BCUT2D eigenvalue weighted by molar-refractivity contribution is 6.46. The highest BCUT2D eigenvalue weighted by Crippen LogP contribution is 2.45. The van der Waals surface area contributed by atoms with Gasteiger partial charge in [0, 0.05) is 17.7 Å². The van der Waals surface area contributed by atoms with Crippen molar-refractivity contribution in [2.45, 2.75) is 25.8 Å². The van der Waals surface area contributed by atoms with Crippen LogP contribution in [0.4, 0.5) is 0 Å². The van der Waals surface area contributed by atoms with Crippen molar-refractivity contribution >= 4 is 17.4 Å². The third-order valence-electron chi connectivity index (χ3n) is 5.87. The first-order valence-corrected chi connectivity index (χ1v) is 11.7. The Balaban J connectivity index is 2.12. The zero-order valence-electron chi connectivity index (χ0n) is 21.0. The van der Waals surface area contributed by atoms with Gasteiger partial charge in [0.1, 0.15) is 11.5 Å². The van der Waals surface area contributed by atoms with Gasteiger partial charge in [-0.05, 0) is 63.8 Å².